The van der Waals surface area contributed by atoms with Gasteiger partial charge in [-0.3, -0.25) is 0 Å². The van der Waals surface area contributed by atoms with Crippen molar-refractivity contribution >= 4 is 22.5 Å². The first-order chi connectivity index (χ1) is 9.33. The van der Waals surface area contributed by atoms with Crippen LogP contribution in [0.5, 0.6) is 0 Å². The van der Waals surface area contributed by atoms with Crippen LogP contribution >= 0.6 is 0 Å². The maximum atomic E-state index is 12.0. The summed E-state index contributed by atoms with van der Waals surface area (Å²) in [6.45, 7) is 1.82. The van der Waals surface area contributed by atoms with Crippen LogP contribution in [0.3, 0.4) is 0 Å². The van der Waals surface area contributed by atoms with Gasteiger partial charge in [-0.15, -0.1) is 0 Å². The topological polar surface area (TPSA) is 53.2 Å². The summed E-state index contributed by atoms with van der Waals surface area (Å²) in [5.74, 6) is 0. The third-order valence-corrected chi connectivity index (χ3v) is 3.43. The minimum absolute atomic E-state index is 0.134. The van der Waals surface area contributed by atoms with Crippen molar-refractivity contribution in [2.45, 2.75) is 12.5 Å². The smallest absolute Gasteiger partial charge is 0.319 e. The molecule has 2 amide bonds. The maximum absolute atomic E-state index is 12.0. The maximum Gasteiger partial charge on any atom is 0.319 e. The van der Waals surface area contributed by atoms with Crippen LogP contribution < -0.4 is 16.0 Å². The summed E-state index contributed by atoms with van der Waals surface area (Å²) in [7, 11) is 0. The number of hydrogen-bond donors (Lipinski definition) is 3. The Bertz CT molecular complexity index is 585. The van der Waals surface area contributed by atoms with Gasteiger partial charge in [0, 0.05) is 18.0 Å². The van der Waals surface area contributed by atoms with E-state index in [4.69, 9.17) is 0 Å². The molecular weight excluding hydrogens is 238 g/mol. The van der Waals surface area contributed by atoms with Crippen LogP contribution in [0.25, 0.3) is 10.8 Å². The molecular formula is C15H17N3O. The number of benzene rings is 2. The standard InChI is InChI=1S/C15H17N3O/c19-15(17-12-8-9-16-10-12)18-14-7-3-5-11-4-1-2-6-13(11)14/h1-7,12,16H,8-10H2,(H2,17,18,19). The predicted octanol–water partition coefficient (Wildman–Crippen LogP) is 2.32. The number of carbonyl (C=O) groups excluding carboxylic acids is 1. The quantitative estimate of drug-likeness (QED) is 0.771. The molecule has 1 atom stereocenters. The lowest BCUT2D eigenvalue weighted by atomic mass is 10.1. The molecule has 0 aromatic heterocycles. The number of urea groups is 1. The van der Waals surface area contributed by atoms with Crippen LogP contribution in [0, 0.1) is 0 Å². The highest BCUT2D eigenvalue weighted by Gasteiger charge is 2.16. The van der Waals surface area contributed by atoms with Crippen LogP contribution in [0.1, 0.15) is 6.42 Å². The normalized spacial score (nSPS) is 18.4. The summed E-state index contributed by atoms with van der Waals surface area (Å²) in [6.07, 6.45) is 0.989. The number of amides is 2. The fraction of sp³-hybridized carbons (Fsp3) is 0.267. The zero-order chi connectivity index (χ0) is 13.1. The summed E-state index contributed by atoms with van der Waals surface area (Å²) >= 11 is 0. The lowest BCUT2D eigenvalue weighted by molar-refractivity contribution is 0.249. The van der Waals surface area contributed by atoms with E-state index in [0.29, 0.717) is 0 Å². The zero-order valence-corrected chi connectivity index (χ0v) is 10.6. The van der Waals surface area contributed by atoms with Gasteiger partial charge in [-0.2, -0.15) is 0 Å². The third kappa shape index (κ3) is 2.69. The van der Waals surface area contributed by atoms with E-state index in [1.54, 1.807) is 0 Å². The highest BCUT2D eigenvalue weighted by atomic mass is 16.2. The van der Waals surface area contributed by atoms with Gasteiger partial charge in [0.05, 0.1) is 5.69 Å². The summed E-state index contributed by atoms with van der Waals surface area (Å²) in [6, 6.07) is 14.0. The molecule has 4 heteroatoms. The summed E-state index contributed by atoms with van der Waals surface area (Å²) in [5.41, 5.74) is 0.849. The molecule has 1 aliphatic rings. The summed E-state index contributed by atoms with van der Waals surface area (Å²) in [4.78, 5) is 12.0. The van der Waals surface area contributed by atoms with E-state index in [-0.39, 0.29) is 12.1 Å². The lowest BCUT2D eigenvalue weighted by Gasteiger charge is -2.13. The molecule has 0 radical (unpaired) electrons. The number of nitrogens with one attached hydrogen (secondary N) is 3. The van der Waals surface area contributed by atoms with Gasteiger partial charge in [-0.05, 0) is 24.4 Å². The van der Waals surface area contributed by atoms with Crippen LogP contribution in [-0.2, 0) is 0 Å². The molecule has 98 valence electrons. The number of carbonyl (C=O) groups is 1. The molecule has 0 saturated carbocycles. The number of hydrogen-bond acceptors (Lipinski definition) is 2. The Balaban J connectivity index is 1.75. The minimum Gasteiger partial charge on any atom is -0.334 e. The molecule has 4 nitrogen and oxygen atoms in total. The van der Waals surface area contributed by atoms with Crippen molar-refractivity contribution in [3.8, 4) is 0 Å². The lowest BCUT2D eigenvalue weighted by Crippen LogP contribution is -2.39. The van der Waals surface area contributed by atoms with Crippen molar-refractivity contribution in [1.82, 2.24) is 10.6 Å². The van der Waals surface area contributed by atoms with Gasteiger partial charge < -0.3 is 16.0 Å². The van der Waals surface area contributed by atoms with Crippen molar-refractivity contribution in [3.05, 3.63) is 42.5 Å². The largest absolute Gasteiger partial charge is 0.334 e. The molecule has 1 fully saturated rings. The molecule has 0 spiro atoms. The van der Waals surface area contributed by atoms with Crippen LogP contribution in [-0.4, -0.2) is 25.2 Å². The second-order valence-corrected chi connectivity index (χ2v) is 4.81. The fourth-order valence-electron chi connectivity index (χ4n) is 2.46. The van der Waals surface area contributed by atoms with Gasteiger partial charge in [-0.1, -0.05) is 36.4 Å². The Morgan fingerprint density at radius 3 is 2.84 bits per heavy atom. The molecule has 0 aliphatic carbocycles. The van der Waals surface area contributed by atoms with Crippen LogP contribution in [0.15, 0.2) is 42.5 Å². The summed E-state index contributed by atoms with van der Waals surface area (Å²) in [5, 5.41) is 11.3. The third-order valence-electron chi connectivity index (χ3n) is 3.43. The first-order valence-corrected chi connectivity index (χ1v) is 6.59. The van der Waals surface area contributed by atoms with E-state index >= 15 is 0 Å². The first kappa shape index (κ1) is 12.0. The van der Waals surface area contributed by atoms with Crippen molar-refractivity contribution in [2.75, 3.05) is 18.4 Å². The minimum atomic E-state index is -0.134. The molecule has 3 rings (SSSR count). The second kappa shape index (κ2) is 5.28. The molecule has 1 aliphatic heterocycles. The van der Waals surface area contributed by atoms with Gasteiger partial charge in [0.1, 0.15) is 0 Å². The van der Waals surface area contributed by atoms with E-state index < -0.39 is 0 Å². The Labute approximate surface area is 112 Å². The first-order valence-electron chi connectivity index (χ1n) is 6.59. The van der Waals surface area contributed by atoms with Crippen LogP contribution in [0.4, 0.5) is 10.5 Å². The van der Waals surface area contributed by atoms with Crippen molar-refractivity contribution in [3.63, 3.8) is 0 Å². The van der Waals surface area contributed by atoms with Crippen molar-refractivity contribution in [1.29, 1.82) is 0 Å². The second-order valence-electron chi connectivity index (χ2n) is 4.81. The van der Waals surface area contributed by atoms with Crippen molar-refractivity contribution < 1.29 is 4.79 Å². The van der Waals surface area contributed by atoms with Gasteiger partial charge >= 0.3 is 6.03 Å². The average Bonchev–Trinajstić information content (AvgIpc) is 2.92. The molecule has 2 aromatic rings. The predicted molar refractivity (Wildman–Crippen MR) is 77.4 cm³/mol. The fourth-order valence-corrected chi connectivity index (χ4v) is 2.46. The molecule has 3 N–H and O–H groups in total. The molecule has 0 bridgehead atoms. The summed E-state index contributed by atoms with van der Waals surface area (Å²) < 4.78 is 0. The van der Waals surface area contributed by atoms with E-state index in [2.05, 4.69) is 16.0 Å². The molecule has 1 heterocycles. The van der Waals surface area contributed by atoms with E-state index in [1.807, 2.05) is 42.5 Å². The number of rotatable bonds is 2. The molecule has 2 aromatic carbocycles. The molecule has 19 heavy (non-hydrogen) atoms. The Kier molecular flexibility index (Phi) is 3.33. The zero-order valence-electron chi connectivity index (χ0n) is 10.6. The molecule has 1 saturated heterocycles. The van der Waals surface area contributed by atoms with Crippen LogP contribution in [0.2, 0.25) is 0 Å². The van der Waals surface area contributed by atoms with E-state index in [0.717, 1.165) is 36.0 Å². The Morgan fingerprint density at radius 1 is 1.16 bits per heavy atom. The number of fused-ring (bicyclic) bond motifs is 1. The highest BCUT2D eigenvalue weighted by Crippen LogP contribution is 2.22. The Morgan fingerprint density at radius 2 is 2.00 bits per heavy atom. The van der Waals surface area contributed by atoms with Crippen molar-refractivity contribution in [2.24, 2.45) is 0 Å². The van der Waals surface area contributed by atoms with Gasteiger partial charge in [0.2, 0.25) is 0 Å². The van der Waals surface area contributed by atoms with E-state index in [9.17, 15) is 4.79 Å². The Hall–Kier alpha value is -2.07. The van der Waals surface area contributed by atoms with Gasteiger partial charge in [0.15, 0.2) is 0 Å². The SMILES string of the molecule is O=C(Nc1cccc2ccccc12)NC1CCNC1. The molecule has 1 unspecified atom stereocenters. The van der Waals surface area contributed by atoms with E-state index in [1.165, 1.54) is 0 Å². The monoisotopic (exact) mass is 255 g/mol. The average molecular weight is 255 g/mol. The highest BCUT2D eigenvalue weighted by molar-refractivity contribution is 6.01. The number of anilines is 1. The van der Waals surface area contributed by atoms with Gasteiger partial charge in [-0.25, -0.2) is 4.79 Å². The van der Waals surface area contributed by atoms with Gasteiger partial charge in [0.25, 0.3) is 0 Å².